The normalized spacial score (nSPS) is 21.0. The molecule has 2 aromatic rings. The number of fused-ring (bicyclic) bond motifs is 2. The van der Waals surface area contributed by atoms with Gasteiger partial charge in [0.2, 0.25) is 12.5 Å². The molecule has 0 aliphatic carbocycles. The van der Waals surface area contributed by atoms with Crippen molar-refractivity contribution >= 4 is 5.97 Å². The third-order valence-electron chi connectivity index (χ3n) is 5.61. The lowest BCUT2D eigenvalue weighted by molar-refractivity contribution is -0.915. The molecule has 0 aromatic heterocycles. The number of rotatable bonds is 5. The first kappa shape index (κ1) is 18.6. The molecular formula is C22H26NO5+. The Hall–Kier alpha value is -2.73. The van der Waals surface area contributed by atoms with E-state index in [-0.39, 0.29) is 24.9 Å². The minimum Gasteiger partial charge on any atom is -0.492 e. The Labute approximate surface area is 165 Å². The Kier molecular flexibility index (Phi) is 5.13. The summed E-state index contributed by atoms with van der Waals surface area (Å²) in [4.78, 5) is 13.1. The van der Waals surface area contributed by atoms with Gasteiger partial charge in [0.25, 0.3) is 0 Å². The molecule has 0 spiro atoms. The van der Waals surface area contributed by atoms with E-state index in [9.17, 15) is 4.79 Å². The zero-order chi connectivity index (χ0) is 19.7. The maximum Gasteiger partial charge on any atom is 0.303 e. The van der Waals surface area contributed by atoms with Crippen molar-refractivity contribution in [2.45, 2.75) is 31.9 Å². The van der Waals surface area contributed by atoms with Crippen LogP contribution in [0.3, 0.4) is 0 Å². The molecule has 2 aromatic carbocycles. The van der Waals surface area contributed by atoms with E-state index in [4.69, 9.17) is 18.9 Å². The standard InChI is InChI=1S/C22H25NO5/c1-14(24)28-18(15-7-5-4-6-8-15)12-17-20-16(9-10-23(17)2)11-19-21(22(20)25-3)27-13-26-19/h4-8,11,17-18H,9-10,12-13H2,1-3H3/p+1/t17-,18-/m0/s1. The van der Waals surface area contributed by atoms with Crippen molar-refractivity contribution in [2.24, 2.45) is 0 Å². The van der Waals surface area contributed by atoms with E-state index in [1.165, 1.54) is 17.4 Å². The van der Waals surface area contributed by atoms with Crippen molar-refractivity contribution in [1.29, 1.82) is 0 Å². The quantitative estimate of drug-likeness (QED) is 0.802. The van der Waals surface area contributed by atoms with Gasteiger partial charge in [0, 0.05) is 19.8 Å². The lowest BCUT2D eigenvalue weighted by atomic mass is 9.87. The van der Waals surface area contributed by atoms with Crippen LogP contribution >= 0.6 is 0 Å². The highest BCUT2D eigenvalue weighted by molar-refractivity contribution is 5.66. The molecule has 0 radical (unpaired) electrons. The molecule has 0 saturated heterocycles. The van der Waals surface area contributed by atoms with Crippen LogP contribution in [-0.2, 0) is 16.0 Å². The predicted molar refractivity (Wildman–Crippen MR) is 103 cm³/mol. The third kappa shape index (κ3) is 3.40. The van der Waals surface area contributed by atoms with Crippen molar-refractivity contribution in [1.82, 2.24) is 0 Å². The monoisotopic (exact) mass is 384 g/mol. The molecule has 1 N–H and O–H groups in total. The summed E-state index contributed by atoms with van der Waals surface area (Å²) in [5, 5.41) is 0. The average Bonchev–Trinajstić information content (AvgIpc) is 3.16. The number of carbonyl (C=O) groups is 1. The number of esters is 1. The lowest BCUT2D eigenvalue weighted by Crippen LogP contribution is -3.10. The average molecular weight is 384 g/mol. The smallest absolute Gasteiger partial charge is 0.303 e. The van der Waals surface area contributed by atoms with Gasteiger partial charge < -0.3 is 23.8 Å². The van der Waals surface area contributed by atoms with Gasteiger partial charge in [-0.25, -0.2) is 0 Å². The van der Waals surface area contributed by atoms with Crippen LogP contribution in [0, 0.1) is 0 Å². The van der Waals surface area contributed by atoms with Gasteiger partial charge in [0.05, 0.1) is 26.3 Å². The van der Waals surface area contributed by atoms with Crippen LogP contribution in [0.25, 0.3) is 0 Å². The fraction of sp³-hybridized carbons (Fsp3) is 0.409. The van der Waals surface area contributed by atoms with Gasteiger partial charge in [-0.2, -0.15) is 0 Å². The number of benzene rings is 2. The molecule has 0 amide bonds. The van der Waals surface area contributed by atoms with Gasteiger partial charge in [-0.3, -0.25) is 4.79 Å². The summed E-state index contributed by atoms with van der Waals surface area (Å²) in [5.74, 6) is 1.88. The fourth-order valence-electron chi connectivity index (χ4n) is 4.27. The topological polar surface area (TPSA) is 58.4 Å². The minimum absolute atomic E-state index is 0.109. The first-order valence-corrected chi connectivity index (χ1v) is 9.62. The molecule has 3 atom stereocenters. The summed E-state index contributed by atoms with van der Waals surface area (Å²) in [7, 11) is 3.84. The number of nitrogens with one attached hydrogen (secondary N) is 1. The number of hydrogen-bond donors (Lipinski definition) is 1. The van der Waals surface area contributed by atoms with Gasteiger partial charge >= 0.3 is 5.97 Å². The zero-order valence-corrected chi connectivity index (χ0v) is 16.5. The van der Waals surface area contributed by atoms with Crippen molar-refractivity contribution in [2.75, 3.05) is 27.5 Å². The van der Waals surface area contributed by atoms with E-state index in [1.807, 2.05) is 30.3 Å². The number of quaternary nitrogens is 1. The number of likely N-dealkylation sites (N-methyl/N-ethyl adjacent to an activating group) is 1. The summed E-state index contributed by atoms with van der Waals surface area (Å²) < 4.78 is 22.8. The molecule has 2 aliphatic heterocycles. The van der Waals surface area contributed by atoms with Crippen LogP contribution < -0.4 is 19.1 Å². The van der Waals surface area contributed by atoms with Crippen LogP contribution in [0.2, 0.25) is 0 Å². The van der Waals surface area contributed by atoms with E-state index < -0.39 is 0 Å². The fourth-order valence-corrected chi connectivity index (χ4v) is 4.27. The molecule has 0 saturated carbocycles. The summed E-state index contributed by atoms with van der Waals surface area (Å²) in [6.45, 7) is 2.66. The minimum atomic E-state index is -0.320. The van der Waals surface area contributed by atoms with Crippen LogP contribution in [0.5, 0.6) is 17.2 Å². The van der Waals surface area contributed by atoms with E-state index in [0.717, 1.165) is 35.6 Å². The molecule has 2 aliphatic rings. The van der Waals surface area contributed by atoms with Gasteiger partial charge in [0.15, 0.2) is 11.5 Å². The summed E-state index contributed by atoms with van der Waals surface area (Å²) in [6.07, 6.45) is 1.28. The molecule has 0 bridgehead atoms. The van der Waals surface area contributed by atoms with Crippen molar-refractivity contribution in [3.8, 4) is 17.2 Å². The Morgan fingerprint density at radius 2 is 2.07 bits per heavy atom. The first-order chi connectivity index (χ1) is 13.6. The molecule has 0 fully saturated rings. The van der Waals surface area contributed by atoms with Crippen LogP contribution in [0.15, 0.2) is 36.4 Å². The maximum absolute atomic E-state index is 11.8. The second-order valence-electron chi connectivity index (χ2n) is 7.36. The largest absolute Gasteiger partial charge is 0.492 e. The van der Waals surface area contributed by atoms with Gasteiger partial charge in [-0.05, 0) is 17.2 Å². The van der Waals surface area contributed by atoms with Gasteiger partial charge in [-0.1, -0.05) is 30.3 Å². The zero-order valence-electron chi connectivity index (χ0n) is 16.5. The van der Waals surface area contributed by atoms with Crippen molar-refractivity contribution in [3.63, 3.8) is 0 Å². The molecule has 148 valence electrons. The van der Waals surface area contributed by atoms with Crippen LogP contribution in [0.4, 0.5) is 0 Å². The highest BCUT2D eigenvalue weighted by Crippen LogP contribution is 2.48. The third-order valence-corrected chi connectivity index (χ3v) is 5.61. The second kappa shape index (κ2) is 7.72. The lowest BCUT2D eigenvalue weighted by Gasteiger charge is -2.34. The summed E-state index contributed by atoms with van der Waals surface area (Å²) >= 11 is 0. The Bertz CT molecular complexity index is 867. The number of hydrogen-bond acceptors (Lipinski definition) is 5. The van der Waals surface area contributed by atoms with Gasteiger partial charge in [-0.15, -0.1) is 0 Å². The van der Waals surface area contributed by atoms with E-state index in [1.54, 1.807) is 7.11 Å². The Balaban J connectivity index is 1.74. The predicted octanol–water partition coefficient (Wildman–Crippen LogP) is 2.23. The Morgan fingerprint density at radius 1 is 1.29 bits per heavy atom. The highest BCUT2D eigenvalue weighted by Gasteiger charge is 2.38. The number of methoxy groups -OCH3 is 1. The molecule has 2 heterocycles. The molecule has 1 unspecified atom stereocenters. The van der Waals surface area contributed by atoms with E-state index in [0.29, 0.717) is 12.2 Å². The van der Waals surface area contributed by atoms with Crippen molar-refractivity contribution < 1.29 is 28.6 Å². The number of ether oxygens (including phenoxy) is 4. The highest BCUT2D eigenvalue weighted by atomic mass is 16.7. The summed E-state index contributed by atoms with van der Waals surface area (Å²) in [6, 6.07) is 12.1. The Morgan fingerprint density at radius 3 is 2.79 bits per heavy atom. The summed E-state index contributed by atoms with van der Waals surface area (Å²) in [5.41, 5.74) is 3.34. The molecule has 28 heavy (non-hydrogen) atoms. The van der Waals surface area contributed by atoms with Crippen LogP contribution in [-0.4, -0.2) is 33.5 Å². The van der Waals surface area contributed by atoms with E-state index in [2.05, 4.69) is 13.1 Å². The molecule has 6 nitrogen and oxygen atoms in total. The molecular weight excluding hydrogens is 358 g/mol. The van der Waals surface area contributed by atoms with E-state index >= 15 is 0 Å². The molecule has 6 heteroatoms. The maximum atomic E-state index is 11.8. The second-order valence-corrected chi connectivity index (χ2v) is 7.36. The van der Waals surface area contributed by atoms with Crippen LogP contribution in [0.1, 0.15) is 42.2 Å². The van der Waals surface area contributed by atoms with Crippen molar-refractivity contribution in [3.05, 3.63) is 53.1 Å². The first-order valence-electron chi connectivity index (χ1n) is 9.62. The SMILES string of the molecule is COc1c2c(cc3c1[C@H](C[C@H](OC(C)=O)c1ccccc1)[NH+](C)CC3)OCO2. The molecule has 4 rings (SSSR count). The number of carbonyl (C=O) groups excluding carboxylic acids is 1. The van der Waals surface area contributed by atoms with Gasteiger partial charge in [0.1, 0.15) is 12.1 Å².